The van der Waals surface area contributed by atoms with Crippen molar-refractivity contribution >= 4 is 11.8 Å². The second kappa shape index (κ2) is 6.28. The van der Waals surface area contributed by atoms with Gasteiger partial charge in [0.05, 0.1) is 5.41 Å². The number of hydrogen-bond acceptors (Lipinski definition) is 3. The van der Waals surface area contributed by atoms with Crippen LogP contribution in [0.1, 0.15) is 113 Å². The lowest BCUT2D eigenvalue weighted by Gasteiger charge is -2.72. The molecule has 1 heterocycles. The third-order valence-corrected chi connectivity index (χ3v) is 13.8. The van der Waals surface area contributed by atoms with Crippen LogP contribution in [-0.4, -0.2) is 17.9 Å². The molecule has 0 spiro atoms. The summed E-state index contributed by atoms with van der Waals surface area (Å²) in [6.45, 7) is 17.0. The van der Waals surface area contributed by atoms with E-state index in [1.807, 2.05) is 0 Å². The van der Waals surface area contributed by atoms with E-state index < -0.39 is 0 Å². The number of ether oxygens (including phenoxy) is 1. The highest BCUT2D eigenvalue weighted by Crippen LogP contribution is 2.77. The topological polar surface area (TPSA) is 43.4 Å². The Morgan fingerprint density at radius 1 is 0.727 bits per heavy atom. The van der Waals surface area contributed by atoms with E-state index in [4.69, 9.17) is 4.74 Å². The van der Waals surface area contributed by atoms with E-state index in [-0.39, 0.29) is 44.6 Å². The minimum atomic E-state index is -0.200. The Morgan fingerprint density at radius 2 is 1.42 bits per heavy atom. The molecule has 0 N–H and O–H groups in total. The molecular formula is C30H46O3. The first kappa shape index (κ1) is 22.6. The number of carbonyl (C=O) groups is 2. The van der Waals surface area contributed by atoms with Gasteiger partial charge in [0.25, 0.3) is 0 Å². The fraction of sp³-hybridized carbons (Fsp3) is 0.933. The maximum absolute atomic E-state index is 13.3. The van der Waals surface area contributed by atoms with Crippen molar-refractivity contribution in [2.45, 2.75) is 119 Å². The van der Waals surface area contributed by atoms with Crippen molar-refractivity contribution in [2.75, 3.05) is 0 Å². The maximum Gasteiger partial charge on any atom is 0.312 e. The van der Waals surface area contributed by atoms with E-state index in [1.54, 1.807) is 0 Å². The van der Waals surface area contributed by atoms with Gasteiger partial charge < -0.3 is 4.74 Å². The average molecular weight is 455 g/mol. The van der Waals surface area contributed by atoms with Crippen molar-refractivity contribution in [3.63, 3.8) is 0 Å². The van der Waals surface area contributed by atoms with Crippen LogP contribution in [-0.2, 0) is 14.3 Å². The molecule has 6 fully saturated rings. The van der Waals surface area contributed by atoms with E-state index in [9.17, 15) is 9.59 Å². The molecule has 5 aliphatic carbocycles. The van der Waals surface area contributed by atoms with Gasteiger partial charge in [-0.1, -0.05) is 48.5 Å². The minimum Gasteiger partial charge on any atom is -0.461 e. The summed E-state index contributed by atoms with van der Waals surface area (Å²) in [6.07, 6.45) is 11.2. The third kappa shape index (κ3) is 2.39. The minimum absolute atomic E-state index is 0.0910. The summed E-state index contributed by atoms with van der Waals surface area (Å²) in [5, 5.41) is 0. The molecule has 0 unspecified atom stereocenters. The molecule has 0 radical (unpaired) electrons. The molecular weight excluding hydrogens is 408 g/mol. The lowest BCUT2D eigenvalue weighted by Crippen LogP contribution is -2.67. The highest BCUT2D eigenvalue weighted by atomic mass is 16.6. The Morgan fingerprint density at radius 3 is 2.15 bits per heavy atom. The van der Waals surface area contributed by atoms with Crippen LogP contribution < -0.4 is 0 Å². The predicted molar refractivity (Wildman–Crippen MR) is 129 cm³/mol. The summed E-state index contributed by atoms with van der Waals surface area (Å²) in [5.74, 6) is 2.80. The smallest absolute Gasteiger partial charge is 0.312 e. The van der Waals surface area contributed by atoms with Crippen LogP contribution in [0.5, 0.6) is 0 Å². The number of rotatable bonds is 0. The van der Waals surface area contributed by atoms with Crippen molar-refractivity contribution in [3.05, 3.63) is 0 Å². The zero-order valence-electron chi connectivity index (χ0n) is 22.2. The summed E-state index contributed by atoms with van der Waals surface area (Å²) >= 11 is 0. The molecule has 5 saturated carbocycles. The average Bonchev–Trinajstić information content (AvgIpc) is 2.99. The summed E-state index contributed by atoms with van der Waals surface area (Å²) in [4.78, 5) is 26.3. The van der Waals surface area contributed by atoms with E-state index >= 15 is 0 Å². The number of ketones is 1. The molecule has 0 aromatic heterocycles. The van der Waals surface area contributed by atoms with Crippen LogP contribution in [0, 0.1) is 56.2 Å². The zero-order chi connectivity index (χ0) is 23.8. The van der Waals surface area contributed by atoms with Gasteiger partial charge in [-0.3, -0.25) is 9.59 Å². The molecule has 0 aromatic carbocycles. The summed E-state index contributed by atoms with van der Waals surface area (Å²) in [5.41, 5.74) is 0.494. The molecule has 3 heteroatoms. The first-order chi connectivity index (χ1) is 15.2. The monoisotopic (exact) mass is 454 g/mol. The first-order valence-electron chi connectivity index (χ1n) is 14.0. The predicted octanol–water partition coefficient (Wildman–Crippen LogP) is 6.97. The summed E-state index contributed by atoms with van der Waals surface area (Å²) in [7, 11) is 0. The van der Waals surface area contributed by atoms with Crippen LogP contribution in [0.15, 0.2) is 0 Å². The van der Waals surface area contributed by atoms with Gasteiger partial charge in [0.15, 0.2) is 0 Å². The Kier molecular flexibility index (Phi) is 4.30. The van der Waals surface area contributed by atoms with Crippen molar-refractivity contribution in [1.82, 2.24) is 0 Å². The highest BCUT2D eigenvalue weighted by Gasteiger charge is 2.75. The van der Waals surface area contributed by atoms with E-state index in [2.05, 4.69) is 48.5 Å². The second-order valence-electron chi connectivity index (χ2n) is 15.3. The molecule has 33 heavy (non-hydrogen) atoms. The lowest BCUT2D eigenvalue weighted by molar-refractivity contribution is -0.239. The van der Waals surface area contributed by atoms with Gasteiger partial charge >= 0.3 is 5.97 Å². The molecule has 6 aliphatic rings. The molecule has 0 aromatic rings. The van der Waals surface area contributed by atoms with Crippen LogP contribution in [0.25, 0.3) is 0 Å². The molecule has 3 nitrogen and oxygen atoms in total. The highest BCUT2D eigenvalue weighted by molar-refractivity contribution is 5.85. The Balaban J connectivity index is 1.42. The number of fused-ring (bicyclic) bond motifs is 5. The third-order valence-electron chi connectivity index (χ3n) is 13.8. The van der Waals surface area contributed by atoms with Gasteiger partial charge in [0.2, 0.25) is 0 Å². The fourth-order valence-electron chi connectivity index (χ4n) is 11.6. The van der Waals surface area contributed by atoms with Gasteiger partial charge in [-0.2, -0.15) is 0 Å². The number of esters is 1. The molecule has 184 valence electrons. The van der Waals surface area contributed by atoms with Gasteiger partial charge in [-0.05, 0) is 91.8 Å². The Labute approximate surface area is 201 Å². The summed E-state index contributed by atoms with van der Waals surface area (Å²) < 4.78 is 6.27. The van der Waals surface area contributed by atoms with E-state index in [0.29, 0.717) is 29.5 Å². The van der Waals surface area contributed by atoms with Crippen LogP contribution in [0.4, 0.5) is 0 Å². The second-order valence-corrected chi connectivity index (χ2v) is 15.3. The maximum atomic E-state index is 13.3. The van der Waals surface area contributed by atoms with Crippen LogP contribution in [0.2, 0.25) is 0 Å². The molecule has 0 amide bonds. The number of carbonyl (C=O) groups excluding carboxylic acids is 2. The van der Waals surface area contributed by atoms with Gasteiger partial charge in [0.1, 0.15) is 11.9 Å². The molecule has 2 bridgehead atoms. The zero-order valence-corrected chi connectivity index (χ0v) is 22.2. The van der Waals surface area contributed by atoms with E-state index in [0.717, 1.165) is 32.1 Å². The molecule has 6 rings (SSSR count). The SMILES string of the molecule is CC1(C)CC[C@@]23CC[C@]4(C)[C@H](CC[C@@H]5[C@]6(C)CCC(=O)C(C)(C)[C@@H]6CC[C@@]54C)[C@@H]2[C@H]1OC3=O. The molecule has 1 saturated heterocycles. The number of Topliss-reactive ketones (excluding diaryl/α,β-unsaturated/α-hetero) is 1. The largest absolute Gasteiger partial charge is 0.461 e. The molecule has 9 atom stereocenters. The standard InChI is InChI=1S/C30H46O3/c1-25(2)14-16-30-17-15-28(6)18(22(30)23(25)33-24(30)32)8-9-20-27(5)12-11-21(31)26(3,4)19(27)10-13-29(20,28)7/h18-20,22-23H,8-17H2,1-7H3/t18-,19+,20-,22-,23-,27-,28-,29+,30-/m1/s1. The molecule has 1 aliphatic heterocycles. The first-order valence-corrected chi connectivity index (χ1v) is 14.0. The van der Waals surface area contributed by atoms with Gasteiger partial charge in [-0.25, -0.2) is 0 Å². The Hall–Kier alpha value is -0.860. The van der Waals surface area contributed by atoms with Crippen molar-refractivity contribution in [2.24, 2.45) is 56.2 Å². The van der Waals surface area contributed by atoms with Crippen molar-refractivity contribution in [3.8, 4) is 0 Å². The van der Waals surface area contributed by atoms with Crippen LogP contribution >= 0.6 is 0 Å². The van der Waals surface area contributed by atoms with E-state index in [1.165, 1.54) is 32.1 Å². The quantitative estimate of drug-likeness (QED) is 0.371. The van der Waals surface area contributed by atoms with Gasteiger partial charge in [-0.15, -0.1) is 0 Å². The number of hydrogen-bond donors (Lipinski definition) is 0. The normalized spacial score (nSPS) is 56.2. The lowest BCUT2D eigenvalue weighted by atomic mass is 9.31. The summed E-state index contributed by atoms with van der Waals surface area (Å²) in [6, 6.07) is 0. The van der Waals surface area contributed by atoms with Gasteiger partial charge in [0, 0.05) is 23.2 Å². The van der Waals surface area contributed by atoms with Crippen LogP contribution in [0.3, 0.4) is 0 Å². The van der Waals surface area contributed by atoms with Crippen molar-refractivity contribution in [1.29, 1.82) is 0 Å². The van der Waals surface area contributed by atoms with Crippen molar-refractivity contribution < 1.29 is 14.3 Å². The fourth-order valence-corrected chi connectivity index (χ4v) is 11.6. The Bertz CT molecular complexity index is 918.